The number of aromatic nitrogens is 2. The van der Waals surface area contributed by atoms with Gasteiger partial charge in [0.2, 0.25) is 5.91 Å². The van der Waals surface area contributed by atoms with Crippen LogP contribution >= 0.6 is 0 Å². The van der Waals surface area contributed by atoms with Gasteiger partial charge in [-0.3, -0.25) is 14.5 Å². The summed E-state index contributed by atoms with van der Waals surface area (Å²) in [6, 6.07) is -0.636. The Labute approximate surface area is 193 Å². The van der Waals surface area contributed by atoms with Gasteiger partial charge < -0.3 is 15.2 Å². The molecule has 0 fully saturated rings. The number of carbonyl (C=O) groups is 2. The molecule has 2 heterocycles. The first-order valence-corrected chi connectivity index (χ1v) is 11.8. The van der Waals surface area contributed by atoms with Crippen molar-refractivity contribution >= 4 is 17.4 Å². The molecule has 1 aromatic rings. The first kappa shape index (κ1) is 24.5. The predicted molar refractivity (Wildman–Crippen MR) is 128 cm³/mol. The highest BCUT2D eigenvalue weighted by atomic mass is 16.2. The number of carbonyl (C=O) groups excluding carboxylic acids is 2. The van der Waals surface area contributed by atoms with Gasteiger partial charge in [-0.15, -0.1) is 0 Å². The van der Waals surface area contributed by atoms with Gasteiger partial charge in [-0.25, -0.2) is 4.98 Å². The van der Waals surface area contributed by atoms with Gasteiger partial charge in [0.15, 0.2) is 5.69 Å². The Hall–Kier alpha value is -2.15. The lowest BCUT2D eigenvalue weighted by atomic mass is 9.73. The van der Waals surface area contributed by atoms with Crippen LogP contribution in [0.3, 0.4) is 0 Å². The average Bonchev–Trinajstić information content (AvgIpc) is 3.08. The third-order valence-electron chi connectivity index (χ3n) is 6.99. The van der Waals surface area contributed by atoms with Crippen molar-refractivity contribution < 1.29 is 9.59 Å². The Balaban J connectivity index is 1.94. The average molecular weight is 444 g/mol. The molecule has 7 nitrogen and oxygen atoms in total. The fourth-order valence-electron chi connectivity index (χ4n) is 4.76. The Morgan fingerprint density at radius 2 is 1.84 bits per heavy atom. The third kappa shape index (κ3) is 5.08. The minimum absolute atomic E-state index is 0.195. The van der Waals surface area contributed by atoms with Crippen molar-refractivity contribution in [3.05, 3.63) is 23.3 Å². The molecule has 2 atom stereocenters. The summed E-state index contributed by atoms with van der Waals surface area (Å²) < 4.78 is 2.23. The molecule has 1 aliphatic heterocycles. The zero-order valence-electron chi connectivity index (χ0n) is 21.1. The summed E-state index contributed by atoms with van der Waals surface area (Å²) in [5, 5.41) is 5.64. The molecule has 0 saturated carbocycles. The maximum atomic E-state index is 13.4. The summed E-state index contributed by atoms with van der Waals surface area (Å²) in [5.41, 5.74) is 2.51. The van der Waals surface area contributed by atoms with E-state index in [1.165, 1.54) is 5.57 Å². The van der Waals surface area contributed by atoms with Gasteiger partial charge in [0.1, 0.15) is 11.9 Å². The minimum Gasteiger partial charge on any atom is -0.357 e. The van der Waals surface area contributed by atoms with E-state index in [0.717, 1.165) is 43.9 Å². The topological polar surface area (TPSA) is 79.3 Å². The van der Waals surface area contributed by atoms with E-state index in [4.69, 9.17) is 4.98 Å². The number of allylic oxidation sites excluding steroid dienone is 2. The maximum absolute atomic E-state index is 13.4. The molecule has 7 heteroatoms. The molecule has 32 heavy (non-hydrogen) atoms. The van der Waals surface area contributed by atoms with E-state index in [-0.39, 0.29) is 11.8 Å². The second-order valence-corrected chi connectivity index (χ2v) is 11.6. The van der Waals surface area contributed by atoms with E-state index in [1.54, 1.807) is 7.05 Å². The number of nitrogens with one attached hydrogen (secondary N) is 2. The molecule has 2 amide bonds. The summed E-state index contributed by atoms with van der Waals surface area (Å²) in [5.74, 6) is 1.12. The van der Waals surface area contributed by atoms with Crippen molar-refractivity contribution in [1.29, 1.82) is 0 Å². The van der Waals surface area contributed by atoms with Crippen LogP contribution in [0.25, 0.3) is 5.57 Å². The van der Waals surface area contributed by atoms with E-state index < -0.39 is 11.5 Å². The Kier molecular flexibility index (Phi) is 6.89. The maximum Gasteiger partial charge on any atom is 0.272 e. The second kappa shape index (κ2) is 9.00. The monoisotopic (exact) mass is 443 g/mol. The molecule has 0 spiro atoms. The molecule has 1 unspecified atom stereocenters. The zero-order chi connectivity index (χ0) is 23.8. The van der Waals surface area contributed by atoms with Crippen LogP contribution in [0.2, 0.25) is 0 Å². The van der Waals surface area contributed by atoms with Crippen molar-refractivity contribution in [2.45, 2.75) is 79.9 Å². The van der Waals surface area contributed by atoms with Crippen LogP contribution in [0, 0.1) is 16.7 Å². The van der Waals surface area contributed by atoms with E-state index in [0.29, 0.717) is 23.6 Å². The Morgan fingerprint density at radius 1 is 1.16 bits per heavy atom. The minimum atomic E-state index is -0.636. The quantitative estimate of drug-likeness (QED) is 0.747. The highest BCUT2D eigenvalue weighted by Crippen LogP contribution is 2.40. The van der Waals surface area contributed by atoms with E-state index in [2.05, 4.69) is 54.0 Å². The van der Waals surface area contributed by atoms with Crippen LogP contribution < -0.4 is 10.6 Å². The SMILES string of the molecule is CNC(=O)[C@@H](NC(=O)c1nc(C2=CCC(C(C)(C)C)CC2)n2c1CN(C)CC2)C(C)(C)C. The largest absolute Gasteiger partial charge is 0.357 e. The number of hydrogen-bond acceptors (Lipinski definition) is 4. The molecule has 3 rings (SSSR count). The number of rotatable bonds is 4. The second-order valence-electron chi connectivity index (χ2n) is 11.6. The predicted octanol–water partition coefficient (Wildman–Crippen LogP) is 3.45. The van der Waals surface area contributed by atoms with Gasteiger partial charge in [-0.2, -0.15) is 0 Å². The zero-order valence-corrected chi connectivity index (χ0v) is 21.1. The van der Waals surface area contributed by atoms with E-state index in [1.807, 2.05) is 20.8 Å². The molecular weight excluding hydrogens is 402 g/mol. The Bertz CT molecular complexity index is 901. The first-order valence-electron chi connectivity index (χ1n) is 11.8. The van der Waals surface area contributed by atoms with Crippen LogP contribution in [0.5, 0.6) is 0 Å². The van der Waals surface area contributed by atoms with Crippen molar-refractivity contribution in [1.82, 2.24) is 25.1 Å². The first-order chi connectivity index (χ1) is 14.8. The lowest BCUT2D eigenvalue weighted by molar-refractivity contribution is -0.124. The van der Waals surface area contributed by atoms with E-state index >= 15 is 0 Å². The molecule has 0 saturated heterocycles. The highest BCUT2D eigenvalue weighted by Gasteiger charge is 2.35. The molecular formula is C25H41N5O2. The van der Waals surface area contributed by atoms with Gasteiger partial charge in [-0.05, 0) is 48.6 Å². The molecule has 178 valence electrons. The van der Waals surface area contributed by atoms with Gasteiger partial charge in [0, 0.05) is 26.7 Å². The number of hydrogen-bond donors (Lipinski definition) is 2. The van der Waals surface area contributed by atoms with Crippen LogP contribution in [-0.4, -0.2) is 52.9 Å². The number of likely N-dealkylation sites (N-methyl/N-ethyl adjacent to an activating group) is 2. The summed E-state index contributed by atoms with van der Waals surface area (Å²) in [6.07, 6.45) is 5.50. The standard InChI is InChI=1S/C25H41N5O2/c1-24(2,3)17-11-9-16(10-12-17)21-27-19(18-15-29(8)13-14-30(18)21)22(31)28-20(23(32)26-7)25(4,5)6/h9,17,20H,10-15H2,1-8H3,(H,26,32)(H,28,31)/t17?,20-/m1/s1. The van der Waals surface area contributed by atoms with Crippen LogP contribution in [0.4, 0.5) is 0 Å². The Morgan fingerprint density at radius 3 is 2.38 bits per heavy atom. The summed E-state index contributed by atoms with van der Waals surface area (Å²) in [7, 11) is 3.66. The number of fused-ring (bicyclic) bond motifs is 1. The van der Waals surface area contributed by atoms with Crippen LogP contribution in [0.15, 0.2) is 6.08 Å². The summed E-state index contributed by atoms with van der Waals surface area (Å²) >= 11 is 0. The molecule has 0 radical (unpaired) electrons. The number of nitrogens with zero attached hydrogens (tertiary/aromatic N) is 3. The lowest BCUT2D eigenvalue weighted by Gasteiger charge is -2.33. The van der Waals surface area contributed by atoms with Gasteiger partial charge in [0.25, 0.3) is 5.91 Å². The molecule has 1 aliphatic carbocycles. The normalized spacial score (nSPS) is 20.9. The van der Waals surface area contributed by atoms with Gasteiger partial charge in [0.05, 0.1) is 5.69 Å². The summed E-state index contributed by atoms with van der Waals surface area (Å²) in [4.78, 5) is 32.9. The van der Waals surface area contributed by atoms with Crippen LogP contribution in [0.1, 0.15) is 82.8 Å². The van der Waals surface area contributed by atoms with Gasteiger partial charge in [-0.1, -0.05) is 47.6 Å². The lowest BCUT2D eigenvalue weighted by Crippen LogP contribution is -2.53. The fraction of sp³-hybridized carbons (Fsp3) is 0.720. The number of amides is 2. The van der Waals surface area contributed by atoms with Crippen molar-refractivity contribution in [2.75, 3.05) is 20.6 Å². The number of imidazole rings is 1. The molecule has 2 aliphatic rings. The van der Waals surface area contributed by atoms with Crippen LogP contribution in [-0.2, 0) is 17.9 Å². The summed E-state index contributed by atoms with van der Waals surface area (Å²) in [6.45, 7) is 15.2. The smallest absolute Gasteiger partial charge is 0.272 e. The fourth-order valence-corrected chi connectivity index (χ4v) is 4.76. The molecule has 1 aromatic heterocycles. The van der Waals surface area contributed by atoms with E-state index in [9.17, 15) is 9.59 Å². The van der Waals surface area contributed by atoms with Crippen molar-refractivity contribution in [2.24, 2.45) is 16.7 Å². The van der Waals surface area contributed by atoms with Crippen molar-refractivity contribution in [3.63, 3.8) is 0 Å². The van der Waals surface area contributed by atoms with Gasteiger partial charge >= 0.3 is 0 Å². The third-order valence-corrected chi connectivity index (χ3v) is 6.99. The highest BCUT2D eigenvalue weighted by molar-refractivity contribution is 5.97. The molecule has 0 aromatic carbocycles. The molecule has 0 bridgehead atoms. The molecule has 2 N–H and O–H groups in total. The van der Waals surface area contributed by atoms with Crippen molar-refractivity contribution in [3.8, 4) is 0 Å².